The van der Waals surface area contributed by atoms with Gasteiger partial charge in [0.25, 0.3) is 0 Å². The molecule has 20 heavy (non-hydrogen) atoms. The third kappa shape index (κ3) is 3.96. The molecule has 1 heterocycles. The summed E-state index contributed by atoms with van der Waals surface area (Å²) in [6, 6.07) is 0. The minimum atomic E-state index is -0.375. The second-order valence-electron chi connectivity index (χ2n) is 5.79. The van der Waals surface area contributed by atoms with Crippen molar-refractivity contribution in [1.29, 1.82) is 0 Å². The number of hydrogen-bond acceptors (Lipinski definition) is 4. The minimum absolute atomic E-state index is 0.270. The lowest BCUT2D eigenvalue weighted by Gasteiger charge is -2.32. The lowest BCUT2D eigenvalue weighted by atomic mass is 9.89. The van der Waals surface area contributed by atoms with Crippen LogP contribution < -0.4 is 0 Å². The Labute approximate surface area is 122 Å². The molecule has 0 aromatic heterocycles. The number of carbonyl (C=O) groups is 1. The van der Waals surface area contributed by atoms with Crippen LogP contribution in [0.5, 0.6) is 0 Å². The van der Waals surface area contributed by atoms with Crippen molar-refractivity contribution < 1.29 is 18.8 Å². The molecule has 0 amide bonds. The molecule has 0 aromatic carbocycles. The standard InChI is InChI=1S/C15H25BO4/c1-7-12(13(17)18-8-2)10-9-11-16-19-14(3,4)15(5,6)20-16/h7,9,11H,8,10H2,1-6H3/b11-9+,12-7-. The van der Waals surface area contributed by atoms with E-state index in [2.05, 4.69) is 0 Å². The van der Waals surface area contributed by atoms with Gasteiger partial charge in [-0.2, -0.15) is 0 Å². The first-order valence-corrected chi connectivity index (χ1v) is 7.08. The number of allylic oxidation sites excluding steroid dienone is 2. The molecule has 0 unspecified atom stereocenters. The Kier molecular flexibility index (Phi) is 5.60. The monoisotopic (exact) mass is 280 g/mol. The summed E-state index contributed by atoms with van der Waals surface area (Å²) in [5, 5.41) is 0. The van der Waals surface area contributed by atoms with E-state index < -0.39 is 0 Å². The maximum atomic E-state index is 11.6. The summed E-state index contributed by atoms with van der Waals surface area (Å²) in [6.07, 6.45) is 4.17. The van der Waals surface area contributed by atoms with E-state index in [1.165, 1.54) is 0 Å². The molecule has 0 aliphatic carbocycles. The Bertz CT molecular complexity index is 394. The lowest BCUT2D eigenvalue weighted by Crippen LogP contribution is -2.41. The Balaban J connectivity index is 2.56. The third-order valence-electron chi connectivity index (χ3n) is 3.79. The van der Waals surface area contributed by atoms with Crippen LogP contribution in [0.3, 0.4) is 0 Å². The quantitative estimate of drug-likeness (QED) is 0.441. The first-order valence-electron chi connectivity index (χ1n) is 7.08. The van der Waals surface area contributed by atoms with Gasteiger partial charge in [-0.1, -0.05) is 18.1 Å². The molecule has 1 fully saturated rings. The Hall–Kier alpha value is -1.07. The van der Waals surface area contributed by atoms with E-state index >= 15 is 0 Å². The van der Waals surface area contributed by atoms with Gasteiger partial charge in [-0.3, -0.25) is 0 Å². The van der Waals surface area contributed by atoms with E-state index in [4.69, 9.17) is 14.0 Å². The van der Waals surface area contributed by atoms with Gasteiger partial charge in [0.15, 0.2) is 0 Å². The molecule has 4 nitrogen and oxygen atoms in total. The van der Waals surface area contributed by atoms with Crippen molar-refractivity contribution in [2.24, 2.45) is 0 Å². The number of rotatable bonds is 5. The van der Waals surface area contributed by atoms with Crippen LogP contribution in [0.2, 0.25) is 0 Å². The van der Waals surface area contributed by atoms with Crippen molar-refractivity contribution >= 4 is 13.1 Å². The van der Waals surface area contributed by atoms with Gasteiger partial charge in [0.1, 0.15) is 0 Å². The molecule has 5 heteroatoms. The van der Waals surface area contributed by atoms with Gasteiger partial charge in [0.05, 0.1) is 17.8 Å². The molecule has 0 saturated carbocycles. The van der Waals surface area contributed by atoms with E-state index in [0.29, 0.717) is 18.6 Å². The second-order valence-corrected chi connectivity index (χ2v) is 5.79. The molecule has 1 aliphatic rings. The highest BCUT2D eigenvalue weighted by Crippen LogP contribution is 2.36. The van der Waals surface area contributed by atoms with Gasteiger partial charge in [-0.15, -0.1) is 0 Å². The summed E-state index contributed by atoms with van der Waals surface area (Å²) >= 11 is 0. The molecule has 1 aliphatic heterocycles. The average Bonchev–Trinajstić information content (AvgIpc) is 2.53. The van der Waals surface area contributed by atoms with Crippen molar-refractivity contribution in [3.63, 3.8) is 0 Å². The average molecular weight is 280 g/mol. The van der Waals surface area contributed by atoms with Crippen LogP contribution in [0.25, 0.3) is 0 Å². The van der Waals surface area contributed by atoms with E-state index in [-0.39, 0.29) is 24.3 Å². The van der Waals surface area contributed by atoms with Crippen molar-refractivity contribution in [3.05, 3.63) is 23.7 Å². The molecule has 1 saturated heterocycles. The third-order valence-corrected chi connectivity index (χ3v) is 3.79. The van der Waals surface area contributed by atoms with Crippen LogP contribution in [-0.2, 0) is 18.8 Å². The second kappa shape index (κ2) is 6.59. The van der Waals surface area contributed by atoms with Crippen molar-refractivity contribution in [3.8, 4) is 0 Å². The summed E-state index contributed by atoms with van der Waals surface area (Å²) in [4.78, 5) is 11.6. The summed E-state index contributed by atoms with van der Waals surface area (Å²) in [7, 11) is -0.375. The van der Waals surface area contributed by atoms with Gasteiger partial charge in [-0.25, -0.2) is 4.79 Å². The smallest absolute Gasteiger partial charge is 0.463 e. The van der Waals surface area contributed by atoms with Crippen LogP contribution in [0.15, 0.2) is 23.7 Å². The number of hydrogen-bond donors (Lipinski definition) is 0. The van der Waals surface area contributed by atoms with E-state index in [1.54, 1.807) is 13.0 Å². The summed E-state index contributed by atoms with van der Waals surface area (Å²) < 4.78 is 16.7. The summed E-state index contributed by atoms with van der Waals surface area (Å²) in [5.41, 5.74) is -0.0429. The Morgan fingerprint density at radius 3 is 2.20 bits per heavy atom. The molecule has 0 aromatic rings. The molecule has 0 radical (unpaired) electrons. The first kappa shape index (κ1) is 17.0. The molecule has 0 N–H and O–H groups in total. The topological polar surface area (TPSA) is 44.8 Å². The van der Waals surface area contributed by atoms with E-state index in [0.717, 1.165) is 0 Å². The van der Waals surface area contributed by atoms with Crippen molar-refractivity contribution in [1.82, 2.24) is 0 Å². The van der Waals surface area contributed by atoms with E-state index in [9.17, 15) is 4.79 Å². The van der Waals surface area contributed by atoms with Gasteiger partial charge in [0, 0.05) is 5.57 Å². The first-order chi connectivity index (χ1) is 9.23. The molecule has 1 rings (SSSR count). The molecule has 0 bridgehead atoms. The van der Waals surface area contributed by atoms with Gasteiger partial charge in [-0.05, 0) is 48.0 Å². The highest BCUT2D eigenvalue weighted by Gasteiger charge is 2.49. The predicted molar refractivity (Wildman–Crippen MR) is 80.2 cm³/mol. The van der Waals surface area contributed by atoms with Gasteiger partial charge in [0.2, 0.25) is 0 Å². The maximum Gasteiger partial charge on any atom is 0.486 e. The molecule has 0 atom stereocenters. The van der Waals surface area contributed by atoms with Gasteiger partial charge < -0.3 is 14.0 Å². The fraction of sp³-hybridized carbons (Fsp3) is 0.667. The zero-order valence-corrected chi connectivity index (χ0v) is 13.4. The number of carbonyl (C=O) groups excluding carboxylic acids is 1. The SMILES string of the molecule is C/C=C(/C/C=C/B1OC(C)(C)C(C)(C)O1)C(=O)OCC. The lowest BCUT2D eigenvalue weighted by molar-refractivity contribution is -0.138. The zero-order valence-electron chi connectivity index (χ0n) is 13.4. The van der Waals surface area contributed by atoms with E-state index in [1.807, 2.05) is 46.7 Å². The molecule has 112 valence electrons. The number of ether oxygens (including phenoxy) is 1. The molecular weight excluding hydrogens is 255 g/mol. The fourth-order valence-corrected chi connectivity index (χ4v) is 1.82. The van der Waals surface area contributed by atoms with Crippen LogP contribution in [-0.4, -0.2) is 30.9 Å². The maximum absolute atomic E-state index is 11.6. The Morgan fingerprint density at radius 1 is 1.20 bits per heavy atom. The molecule has 0 spiro atoms. The van der Waals surface area contributed by atoms with Crippen LogP contribution >= 0.6 is 0 Å². The highest BCUT2D eigenvalue weighted by molar-refractivity contribution is 6.51. The largest absolute Gasteiger partial charge is 0.486 e. The normalized spacial score (nSPS) is 21.5. The fourth-order valence-electron chi connectivity index (χ4n) is 1.82. The van der Waals surface area contributed by atoms with Crippen LogP contribution in [0.4, 0.5) is 0 Å². The van der Waals surface area contributed by atoms with Crippen LogP contribution in [0.1, 0.15) is 48.0 Å². The summed E-state index contributed by atoms with van der Waals surface area (Å²) in [5.74, 6) is 1.58. The zero-order chi connectivity index (χ0) is 15.4. The summed E-state index contributed by atoms with van der Waals surface area (Å²) in [6.45, 7) is 12.1. The van der Waals surface area contributed by atoms with Crippen molar-refractivity contribution in [2.45, 2.75) is 59.2 Å². The van der Waals surface area contributed by atoms with Crippen molar-refractivity contribution in [2.75, 3.05) is 6.61 Å². The Morgan fingerprint density at radius 2 is 1.75 bits per heavy atom. The highest BCUT2D eigenvalue weighted by atomic mass is 16.7. The number of esters is 1. The minimum Gasteiger partial charge on any atom is -0.463 e. The van der Waals surface area contributed by atoms with Gasteiger partial charge >= 0.3 is 13.1 Å². The van der Waals surface area contributed by atoms with Crippen LogP contribution in [0, 0.1) is 0 Å². The predicted octanol–water partition coefficient (Wildman–Crippen LogP) is 3.07. The molecular formula is C15H25BO4.